The van der Waals surface area contributed by atoms with Crippen LogP contribution in [0.25, 0.3) is 0 Å². The third-order valence-electron chi connectivity index (χ3n) is 2.50. The molecule has 0 amide bonds. The highest BCUT2D eigenvalue weighted by Gasteiger charge is 2.12. The molecule has 4 nitrogen and oxygen atoms in total. The third kappa shape index (κ3) is 2.44. The number of carbonyl (C=O) groups excluding carboxylic acids is 2. The van der Waals surface area contributed by atoms with Gasteiger partial charge in [0.1, 0.15) is 0 Å². The van der Waals surface area contributed by atoms with Crippen molar-refractivity contribution in [1.29, 1.82) is 0 Å². The maximum atomic E-state index is 12.1. The molecule has 2 rings (SSSR count). The fraction of sp³-hybridized carbons (Fsp3) is 0. The van der Waals surface area contributed by atoms with Crippen molar-refractivity contribution in [3.63, 3.8) is 0 Å². The minimum Gasteiger partial charge on any atom is -0.370 e. The van der Waals surface area contributed by atoms with Crippen molar-refractivity contribution in [3.05, 3.63) is 71.3 Å². The molecule has 0 aliphatic heterocycles. The van der Waals surface area contributed by atoms with Gasteiger partial charge in [-0.05, 0) is 12.1 Å². The first-order valence-electron chi connectivity index (χ1n) is 5.33. The van der Waals surface area contributed by atoms with E-state index in [1.165, 1.54) is 12.1 Å². The molecular formula is C14H11NO3. The van der Waals surface area contributed by atoms with Gasteiger partial charge in [0.25, 0.3) is 0 Å². The van der Waals surface area contributed by atoms with Crippen molar-refractivity contribution >= 4 is 11.8 Å². The van der Waals surface area contributed by atoms with E-state index in [1.807, 2.05) is 6.07 Å². The highest BCUT2D eigenvalue weighted by molar-refractivity contribution is 6.09. The molecule has 90 valence electrons. The minimum atomic E-state index is -0.669. The molecule has 4 heteroatoms. The Morgan fingerprint density at radius 3 is 2.11 bits per heavy atom. The van der Waals surface area contributed by atoms with Crippen LogP contribution >= 0.6 is 0 Å². The van der Waals surface area contributed by atoms with Gasteiger partial charge in [-0.1, -0.05) is 42.5 Å². The summed E-state index contributed by atoms with van der Waals surface area (Å²) in [5.74, 6) is 3.99. The Morgan fingerprint density at radius 1 is 0.833 bits per heavy atom. The van der Waals surface area contributed by atoms with Gasteiger partial charge in [-0.25, -0.2) is 4.79 Å². The van der Waals surface area contributed by atoms with E-state index >= 15 is 0 Å². The van der Waals surface area contributed by atoms with Crippen LogP contribution in [0.3, 0.4) is 0 Å². The van der Waals surface area contributed by atoms with Gasteiger partial charge >= 0.3 is 5.97 Å². The molecule has 2 aromatic rings. The fourth-order valence-electron chi connectivity index (χ4n) is 1.61. The summed E-state index contributed by atoms with van der Waals surface area (Å²) in [6.07, 6.45) is 0. The molecule has 0 saturated carbocycles. The fourth-order valence-corrected chi connectivity index (χ4v) is 1.61. The van der Waals surface area contributed by atoms with E-state index in [0.29, 0.717) is 11.1 Å². The second-order valence-corrected chi connectivity index (χ2v) is 3.68. The number of benzene rings is 2. The van der Waals surface area contributed by atoms with Crippen LogP contribution in [0.5, 0.6) is 0 Å². The normalized spacial score (nSPS) is 9.83. The molecule has 0 aliphatic rings. The smallest absolute Gasteiger partial charge is 0.356 e. The zero-order valence-electron chi connectivity index (χ0n) is 9.50. The first-order valence-corrected chi connectivity index (χ1v) is 5.33. The zero-order valence-corrected chi connectivity index (χ0v) is 9.50. The quantitative estimate of drug-likeness (QED) is 0.658. The Labute approximate surface area is 104 Å². The first kappa shape index (κ1) is 12.0. The summed E-state index contributed by atoms with van der Waals surface area (Å²) in [5.41, 5.74) is 1.24. The largest absolute Gasteiger partial charge is 0.370 e. The van der Waals surface area contributed by atoms with Crippen LogP contribution in [0.2, 0.25) is 0 Å². The summed E-state index contributed by atoms with van der Waals surface area (Å²) in [7, 11) is 0. The molecule has 0 aromatic heterocycles. The van der Waals surface area contributed by atoms with Crippen LogP contribution in [-0.4, -0.2) is 11.8 Å². The molecule has 2 N–H and O–H groups in total. The van der Waals surface area contributed by atoms with Crippen molar-refractivity contribution in [1.82, 2.24) is 0 Å². The third-order valence-corrected chi connectivity index (χ3v) is 2.50. The van der Waals surface area contributed by atoms with Crippen LogP contribution in [0, 0.1) is 0 Å². The first-order chi connectivity index (χ1) is 8.72. The Morgan fingerprint density at radius 2 is 1.44 bits per heavy atom. The second kappa shape index (κ2) is 5.25. The maximum Gasteiger partial charge on any atom is 0.356 e. The van der Waals surface area contributed by atoms with Crippen molar-refractivity contribution < 1.29 is 14.4 Å². The summed E-state index contributed by atoms with van der Waals surface area (Å²) >= 11 is 0. The SMILES string of the molecule is NOC(=O)c1cccc(C(=O)c2ccccc2)c1. The number of rotatable bonds is 3. The van der Waals surface area contributed by atoms with Crippen molar-refractivity contribution in [2.75, 3.05) is 0 Å². The average Bonchev–Trinajstić information content (AvgIpc) is 2.46. The summed E-state index contributed by atoms with van der Waals surface area (Å²) in [5, 5.41) is 0. The Kier molecular flexibility index (Phi) is 3.50. The van der Waals surface area contributed by atoms with Gasteiger partial charge in [0.15, 0.2) is 5.78 Å². The highest BCUT2D eigenvalue weighted by Crippen LogP contribution is 2.12. The van der Waals surface area contributed by atoms with E-state index in [4.69, 9.17) is 5.90 Å². The lowest BCUT2D eigenvalue weighted by atomic mass is 10.0. The molecule has 0 atom stereocenters. The summed E-state index contributed by atoms with van der Waals surface area (Å²) in [6, 6.07) is 15.1. The number of hydrogen-bond acceptors (Lipinski definition) is 4. The predicted molar refractivity (Wildman–Crippen MR) is 65.9 cm³/mol. The second-order valence-electron chi connectivity index (χ2n) is 3.68. The Balaban J connectivity index is 2.35. The number of ketones is 1. The van der Waals surface area contributed by atoms with Gasteiger partial charge in [-0.15, -0.1) is 0 Å². The molecule has 0 saturated heterocycles. The summed E-state index contributed by atoms with van der Waals surface area (Å²) in [4.78, 5) is 27.5. The van der Waals surface area contributed by atoms with Crippen LogP contribution < -0.4 is 5.90 Å². The predicted octanol–water partition coefficient (Wildman–Crippen LogP) is 1.95. The van der Waals surface area contributed by atoms with E-state index in [9.17, 15) is 9.59 Å². The number of hydrogen-bond donors (Lipinski definition) is 1. The molecule has 18 heavy (non-hydrogen) atoms. The highest BCUT2D eigenvalue weighted by atomic mass is 16.7. The molecule has 0 fully saturated rings. The van der Waals surface area contributed by atoms with Crippen molar-refractivity contribution in [2.45, 2.75) is 0 Å². The lowest BCUT2D eigenvalue weighted by molar-refractivity contribution is 0.0503. The van der Waals surface area contributed by atoms with Crippen molar-refractivity contribution in [3.8, 4) is 0 Å². The Bertz CT molecular complexity index is 579. The lowest BCUT2D eigenvalue weighted by Crippen LogP contribution is -2.11. The molecule has 0 bridgehead atoms. The van der Waals surface area contributed by atoms with Gasteiger partial charge in [0.2, 0.25) is 0 Å². The molecule has 0 aliphatic carbocycles. The van der Waals surface area contributed by atoms with Crippen LogP contribution in [0.15, 0.2) is 54.6 Å². The summed E-state index contributed by atoms with van der Waals surface area (Å²) < 4.78 is 0. The topological polar surface area (TPSA) is 69.4 Å². The zero-order chi connectivity index (χ0) is 13.0. The number of carbonyl (C=O) groups is 2. The average molecular weight is 241 g/mol. The maximum absolute atomic E-state index is 12.1. The molecule has 0 heterocycles. The van der Waals surface area contributed by atoms with E-state index in [-0.39, 0.29) is 11.3 Å². The number of nitrogens with two attached hydrogens (primary N) is 1. The van der Waals surface area contributed by atoms with Gasteiger partial charge in [0, 0.05) is 11.1 Å². The summed E-state index contributed by atoms with van der Waals surface area (Å²) in [6.45, 7) is 0. The van der Waals surface area contributed by atoms with Crippen molar-refractivity contribution in [2.24, 2.45) is 5.90 Å². The van der Waals surface area contributed by atoms with E-state index < -0.39 is 5.97 Å². The van der Waals surface area contributed by atoms with E-state index in [2.05, 4.69) is 4.84 Å². The Hall–Kier alpha value is -2.46. The molecular weight excluding hydrogens is 230 g/mol. The van der Waals surface area contributed by atoms with Gasteiger partial charge in [0.05, 0.1) is 5.56 Å². The molecule has 2 aromatic carbocycles. The molecule has 0 radical (unpaired) electrons. The lowest BCUT2D eigenvalue weighted by Gasteiger charge is -2.03. The standard InChI is InChI=1S/C14H11NO3/c15-18-14(17)12-8-4-7-11(9-12)13(16)10-5-2-1-3-6-10/h1-9H,15H2. The van der Waals surface area contributed by atoms with Crippen LogP contribution in [0.1, 0.15) is 26.3 Å². The van der Waals surface area contributed by atoms with Gasteiger partial charge in [-0.2, -0.15) is 5.90 Å². The van der Waals surface area contributed by atoms with Gasteiger partial charge in [-0.3, -0.25) is 4.79 Å². The molecule has 0 spiro atoms. The van der Waals surface area contributed by atoms with Gasteiger partial charge < -0.3 is 4.84 Å². The monoisotopic (exact) mass is 241 g/mol. The van der Waals surface area contributed by atoms with E-state index in [1.54, 1.807) is 36.4 Å². The molecule has 0 unspecified atom stereocenters. The van der Waals surface area contributed by atoms with Crippen LogP contribution in [0.4, 0.5) is 0 Å². The minimum absolute atomic E-state index is 0.151. The van der Waals surface area contributed by atoms with Crippen LogP contribution in [-0.2, 0) is 4.84 Å². The van der Waals surface area contributed by atoms with E-state index in [0.717, 1.165) is 0 Å².